The molecule has 2 fully saturated rings. The summed E-state index contributed by atoms with van der Waals surface area (Å²) in [5, 5.41) is 10.2. The molecule has 4 heterocycles. The van der Waals surface area contributed by atoms with Crippen LogP contribution in [0.25, 0.3) is 10.2 Å². The Kier molecular flexibility index (Phi) is 8.08. The largest absolute Gasteiger partial charge is 0.378 e. The number of nitrogens with one attached hydrogen (secondary N) is 2. The van der Waals surface area contributed by atoms with Gasteiger partial charge in [0.25, 0.3) is 11.8 Å². The number of carbonyl (C=O) groups is 2. The number of thiophene rings is 1. The lowest BCUT2D eigenvalue weighted by Gasteiger charge is -2.28. The summed E-state index contributed by atoms with van der Waals surface area (Å²) in [6.07, 6.45) is 4.10. The van der Waals surface area contributed by atoms with Gasteiger partial charge in [-0.05, 0) is 61.8 Å². The van der Waals surface area contributed by atoms with Crippen molar-refractivity contribution >= 4 is 51.3 Å². The van der Waals surface area contributed by atoms with Gasteiger partial charge in [-0.3, -0.25) is 14.4 Å². The number of ether oxygens (including phenoxy) is 1. The van der Waals surface area contributed by atoms with Gasteiger partial charge < -0.3 is 25.2 Å². The standard InChI is InChI=1S/C30H31N6O4S/c37-20-36-25-18-26(30(39)31-24(19-34-12-4-5-13-34)21-6-2-1-3-7-21)41-27(25)28(33-36)32-29(38)22-8-10-23(11-9-22)35-14-16-40-17-15-35/h1-3,6-11,18,24H,4-5,12-17,19H2,(H,31,39)(H,32,33,38)/t24-/m1/s1. The van der Waals surface area contributed by atoms with Gasteiger partial charge in [0.05, 0.1) is 34.3 Å². The number of hydrogen-bond donors (Lipinski definition) is 2. The van der Waals surface area contributed by atoms with Gasteiger partial charge in [0.15, 0.2) is 5.82 Å². The van der Waals surface area contributed by atoms with Crippen molar-refractivity contribution in [1.82, 2.24) is 20.0 Å². The molecule has 211 valence electrons. The minimum absolute atomic E-state index is 0.180. The zero-order chi connectivity index (χ0) is 28.2. The van der Waals surface area contributed by atoms with Gasteiger partial charge in [0.2, 0.25) is 0 Å². The average molecular weight is 572 g/mol. The maximum atomic E-state index is 13.4. The first-order valence-corrected chi connectivity index (χ1v) is 14.6. The highest BCUT2D eigenvalue weighted by Gasteiger charge is 2.24. The Balaban J connectivity index is 1.19. The van der Waals surface area contributed by atoms with Gasteiger partial charge in [-0.25, -0.2) is 0 Å². The lowest BCUT2D eigenvalue weighted by molar-refractivity contribution is 0.0930. The number of amides is 2. The Bertz CT molecular complexity index is 1520. The molecule has 1 atom stereocenters. The van der Waals surface area contributed by atoms with E-state index in [0.29, 0.717) is 33.9 Å². The van der Waals surface area contributed by atoms with E-state index in [9.17, 15) is 14.4 Å². The van der Waals surface area contributed by atoms with Crippen LogP contribution < -0.4 is 15.5 Å². The molecule has 41 heavy (non-hydrogen) atoms. The molecule has 2 aromatic carbocycles. The summed E-state index contributed by atoms with van der Waals surface area (Å²) in [4.78, 5) is 43.2. The first-order valence-electron chi connectivity index (χ1n) is 13.8. The Hall–Kier alpha value is -4.06. The third-order valence-electron chi connectivity index (χ3n) is 7.55. The maximum Gasteiger partial charge on any atom is 0.339 e. The molecule has 2 aliphatic rings. The van der Waals surface area contributed by atoms with Gasteiger partial charge in [0, 0.05) is 30.9 Å². The van der Waals surface area contributed by atoms with Gasteiger partial charge in [-0.15, -0.1) is 16.4 Å². The highest BCUT2D eigenvalue weighted by Crippen LogP contribution is 2.32. The molecule has 4 aromatic rings. The second-order valence-corrected chi connectivity index (χ2v) is 11.3. The summed E-state index contributed by atoms with van der Waals surface area (Å²) in [7, 11) is 0. The Morgan fingerprint density at radius 1 is 0.976 bits per heavy atom. The van der Waals surface area contributed by atoms with Crippen LogP contribution in [0.15, 0.2) is 60.7 Å². The topological polar surface area (TPSA) is 109 Å². The number of aromatic nitrogens is 2. The smallest absolute Gasteiger partial charge is 0.339 e. The number of rotatable bonds is 9. The molecule has 10 nitrogen and oxygen atoms in total. The molecule has 0 spiro atoms. The summed E-state index contributed by atoms with van der Waals surface area (Å²) in [6.45, 7) is 5.74. The minimum atomic E-state index is -0.356. The first-order chi connectivity index (χ1) is 20.1. The monoisotopic (exact) mass is 571 g/mol. The molecule has 2 amide bonds. The van der Waals surface area contributed by atoms with E-state index in [-0.39, 0.29) is 23.7 Å². The highest BCUT2D eigenvalue weighted by molar-refractivity contribution is 7.21. The summed E-state index contributed by atoms with van der Waals surface area (Å²) in [5.41, 5.74) is 2.94. The Morgan fingerprint density at radius 3 is 2.41 bits per heavy atom. The molecule has 2 aliphatic heterocycles. The van der Waals surface area contributed by atoms with E-state index < -0.39 is 0 Å². The van der Waals surface area contributed by atoms with E-state index in [1.807, 2.05) is 42.5 Å². The number of carbonyl (C=O) groups excluding carboxylic acids is 3. The molecule has 0 unspecified atom stereocenters. The van der Waals surface area contributed by atoms with E-state index in [4.69, 9.17) is 4.74 Å². The fourth-order valence-electron chi connectivity index (χ4n) is 5.37. The molecule has 2 aromatic heterocycles. The molecule has 2 N–H and O–H groups in total. The first kappa shape index (κ1) is 27.1. The van der Waals surface area contributed by atoms with Gasteiger partial charge in [0.1, 0.15) is 0 Å². The van der Waals surface area contributed by atoms with Crippen molar-refractivity contribution in [2.75, 3.05) is 56.2 Å². The number of morpholine rings is 1. The number of fused-ring (bicyclic) bond motifs is 1. The predicted molar refractivity (Wildman–Crippen MR) is 158 cm³/mol. The summed E-state index contributed by atoms with van der Waals surface area (Å²) < 4.78 is 6.97. The van der Waals surface area contributed by atoms with E-state index in [1.54, 1.807) is 24.6 Å². The van der Waals surface area contributed by atoms with Crippen LogP contribution in [0.5, 0.6) is 0 Å². The van der Waals surface area contributed by atoms with Crippen LogP contribution in [-0.2, 0) is 9.53 Å². The normalized spacial score (nSPS) is 16.5. The van der Waals surface area contributed by atoms with Gasteiger partial charge in [-0.2, -0.15) is 4.68 Å². The van der Waals surface area contributed by atoms with Crippen LogP contribution in [0, 0.1) is 0 Å². The van der Waals surface area contributed by atoms with Crippen LogP contribution >= 0.6 is 11.3 Å². The van der Waals surface area contributed by atoms with Crippen molar-refractivity contribution in [3.05, 3.63) is 76.7 Å². The minimum Gasteiger partial charge on any atom is -0.378 e. The van der Waals surface area contributed by atoms with Crippen molar-refractivity contribution in [2.45, 2.75) is 18.9 Å². The second kappa shape index (κ2) is 12.2. The van der Waals surface area contributed by atoms with Crippen LogP contribution in [0.4, 0.5) is 11.5 Å². The molecule has 11 heteroatoms. The third-order valence-corrected chi connectivity index (χ3v) is 8.68. The predicted octanol–water partition coefficient (Wildman–Crippen LogP) is 3.67. The fraction of sp³-hybridized carbons (Fsp3) is 0.333. The Morgan fingerprint density at radius 2 is 1.71 bits per heavy atom. The summed E-state index contributed by atoms with van der Waals surface area (Å²) in [6, 6.07) is 18.7. The highest BCUT2D eigenvalue weighted by atomic mass is 32.1. The van der Waals surface area contributed by atoms with Crippen molar-refractivity contribution in [1.29, 1.82) is 0 Å². The number of nitrogens with zero attached hydrogens (tertiary/aromatic N) is 4. The zero-order valence-electron chi connectivity index (χ0n) is 22.5. The number of benzene rings is 2. The molecule has 0 aliphatic carbocycles. The summed E-state index contributed by atoms with van der Waals surface area (Å²) in [5.74, 6) is -0.385. The number of likely N-dealkylation sites (tertiary alicyclic amines) is 1. The molecule has 1 radical (unpaired) electrons. The molecular formula is C30H31N6O4S. The van der Waals surface area contributed by atoms with Crippen LogP contribution in [0.2, 0.25) is 0 Å². The maximum absolute atomic E-state index is 13.4. The van der Waals surface area contributed by atoms with Crippen molar-refractivity contribution in [2.24, 2.45) is 0 Å². The van der Waals surface area contributed by atoms with Crippen LogP contribution in [-0.4, -0.2) is 78.8 Å². The van der Waals surface area contributed by atoms with Gasteiger partial charge in [-0.1, -0.05) is 30.3 Å². The fourth-order valence-corrected chi connectivity index (χ4v) is 6.35. The molecule has 6 rings (SSSR count). The van der Waals surface area contributed by atoms with E-state index in [1.165, 1.54) is 11.3 Å². The van der Waals surface area contributed by atoms with Crippen LogP contribution in [0.1, 0.15) is 44.5 Å². The van der Waals surface area contributed by atoms with Crippen LogP contribution in [0.3, 0.4) is 0 Å². The van der Waals surface area contributed by atoms with Gasteiger partial charge >= 0.3 is 6.41 Å². The average Bonchev–Trinajstić information content (AvgIpc) is 3.76. The molecular weight excluding hydrogens is 540 g/mol. The lowest BCUT2D eigenvalue weighted by Crippen LogP contribution is -2.36. The van der Waals surface area contributed by atoms with Crippen molar-refractivity contribution in [3.63, 3.8) is 0 Å². The number of hydrogen-bond acceptors (Lipinski definition) is 8. The SMILES string of the molecule is O=[C]n1nc(NC(=O)c2ccc(N3CCOCC3)cc2)c2sc(C(=O)N[C@H](CN3CCCC3)c3ccccc3)cc21. The van der Waals surface area contributed by atoms with E-state index in [2.05, 4.69) is 25.5 Å². The molecule has 0 bridgehead atoms. The third kappa shape index (κ3) is 6.02. The van der Waals surface area contributed by atoms with E-state index in [0.717, 1.165) is 61.5 Å². The summed E-state index contributed by atoms with van der Waals surface area (Å²) >= 11 is 1.19. The number of anilines is 2. The quantitative estimate of drug-likeness (QED) is 0.316. The van der Waals surface area contributed by atoms with Crippen molar-refractivity contribution in [3.8, 4) is 0 Å². The second-order valence-electron chi connectivity index (χ2n) is 10.2. The molecule has 2 saturated heterocycles. The Labute approximate surface area is 241 Å². The zero-order valence-corrected chi connectivity index (χ0v) is 23.4. The van der Waals surface area contributed by atoms with E-state index >= 15 is 0 Å². The molecule has 0 saturated carbocycles. The lowest BCUT2D eigenvalue weighted by atomic mass is 10.1. The van der Waals surface area contributed by atoms with Crippen molar-refractivity contribution < 1.29 is 19.1 Å².